The predicted octanol–water partition coefficient (Wildman–Crippen LogP) is 4.11. The van der Waals surface area contributed by atoms with E-state index in [-0.39, 0.29) is 17.1 Å². The second kappa shape index (κ2) is 6.28. The van der Waals surface area contributed by atoms with Crippen molar-refractivity contribution in [2.45, 2.75) is 20.8 Å². The molecule has 0 heterocycles. The Balaban J connectivity index is 2.47. The number of nitrogens with zero attached hydrogens (tertiary/aromatic N) is 1. The van der Waals surface area contributed by atoms with Crippen LogP contribution in [0.15, 0.2) is 42.0 Å². The zero-order valence-corrected chi connectivity index (χ0v) is 12.8. The molecule has 0 fully saturated rings. The first-order valence-electron chi connectivity index (χ1n) is 6.96. The van der Waals surface area contributed by atoms with Crippen molar-refractivity contribution in [3.8, 4) is 11.8 Å². The van der Waals surface area contributed by atoms with Crippen LogP contribution in [0.5, 0.6) is 5.75 Å². The van der Waals surface area contributed by atoms with Gasteiger partial charge in [0.25, 0.3) is 0 Å². The minimum atomic E-state index is -0.288. The number of phenols is 1. The summed E-state index contributed by atoms with van der Waals surface area (Å²) in [5, 5.41) is 19.1. The van der Waals surface area contributed by atoms with Crippen molar-refractivity contribution >= 4 is 11.9 Å². The van der Waals surface area contributed by atoms with Gasteiger partial charge in [-0.05, 0) is 61.2 Å². The summed E-state index contributed by atoms with van der Waals surface area (Å²) in [6.07, 6.45) is 1.56. The van der Waals surface area contributed by atoms with E-state index in [4.69, 9.17) is 0 Å². The van der Waals surface area contributed by atoms with E-state index in [0.717, 1.165) is 11.1 Å². The first kappa shape index (κ1) is 15.5. The van der Waals surface area contributed by atoms with E-state index in [1.54, 1.807) is 44.2 Å². The van der Waals surface area contributed by atoms with E-state index >= 15 is 0 Å². The molecule has 3 heteroatoms. The summed E-state index contributed by atoms with van der Waals surface area (Å²) in [6.45, 7) is 5.42. The Labute approximate surface area is 130 Å². The molecular weight excluding hydrogens is 274 g/mol. The van der Waals surface area contributed by atoms with E-state index in [9.17, 15) is 15.2 Å². The number of allylic oxidation sites excluding steroid dienone is 1. The molecule has 0 amide bonds. The quantitative estimate of drug-likeness (QED) is 0.526. The number of aryl methyl sites for hydroxylation is 3. The monoisotopic (exact) mass is 291 g/mol. The zero-order valence-electron chi connectivity index (χ0n) is 12.8. The molecule has 0 saturated heterocycles. The van der Waals surface area contributed by atoms with E-state index in [2.05, 4.69) is 0 Å². The first-order valence-corrected chi connectivity index (χ1v) is 6.96. The van der Waals surface area contributed by atoms with Crippen LogP contribution in [-0.2, 0) is 0 Å². The Morgan fingerprint density at radius 3 is 2.23 bits per heavy atom. The second-order valence-corrected chi connectivity index (χ2v) is 5.32. The smallest absolute Gasteiger partial charge is 0.203 e. The lowest BCUT2D eigenvalue weighted by Gasteiger charge is -2.06. The minimum Gasteiger partial charge on any atom is -0.507 e. The molecule has 0 aliphatic rings. The van der Waals surface area contributed by atoms with Gasteiger partial charge < -0.3 is 5.11 Å². The lowest BCUT2D eigenvalue weighted by molar-refractivity contribution is 0.103. The van der Waals surface area contributed by atoms with E-state index in [1.807, 2.05) is 25.1 Å². The van der Waals surface area contributed by atoms with Crippen LogP contribution in [0.4, 0.5) is 0 Å². The maximum Gasteiger partial charge on any atom is 0.203 e. The molecule has 0 aliphatic heterocycles. The largest absolute Gasteiger partial charge is 0.507 e. The summed E-state index contributed by atoms with van der Waals surface area (Å²) in [5.74, 6) is -0.0510. The van der Waals surface area contributed by atoms with Crippen molar-refractivity contribution in [1.82, 2.24) is 0 Å². The van der Waals surface area contributed by atoms with Crippen LogP contribution in [-0.4, -0.2) is 10.9 Å². The number of nitriles is 1. The first-order chi connectivity index (χ1) is 10.4. The molecule has 22 heavy (non-hydrogen) atoms. The molecule has 0 saturated carbocycles. The summed E-state index contributed by atoms with van der Waals surface area (Å²) in [4.78, 5) is 12.5. The van der Waals surface area contributed by atoms with Gasteiger partial charge in [0.15, 0.2) is 0 Å². The minimum absolute atomic E-state index is 0.0822. The van der Waals surface area contributed by atoms with Crippen LogP contribution in [0.3, 0.4) is 0 Å². The Morgan fingerprint density at radius 2 is 1.68 bits per heavy atom. The van der Waals surface area contributed by atoms with Crippen molar-refractivity contribution in [2.24, 2.45) is 0 Å². The normalized spacial score (nSPS) is 11.1. The molecule has 3 nitrogen and oxygen atoms in total. The van der Waals surface area contributed by atoms with Gasteiger partial charge in [-0.25, -0.2) is 0 Å². The molecule has 2 aromatic carbocycles. The van der Waals surface area contributed by atoms with Gasteiger partial charge in [-0.3, -0.25) is 4.79 Å². The van der Waals surface area contributed by atoms with E-state index in [0.29, 0.717) is 16.7 Å². The zero-order chi connectivity index (χ0) is 16.3. The highest BCUT2D eigenvalue weighted by atomic mass is 16.3. The molecule has 0 spiro atoms. The van der Waals surface area contributed by atoms with Crippen LogP contribution in [0.2, 0.25) is 0 Å². The fourth-order valence-corrected chi connectivity index (χ4v) is 2.36. The summed E-state index contributed by atoms with van der Waals surface area (Å²) in [7, 11) is 0. The van der Waals surface area contributed by atoms with Gasteiger partial charge in [0.05, 0.1) is 0 Å². The number of carbonyl (C=O) groups is 1. The highest BCUT2D eigenvalue weighted by Gasteiger charge is 2.14. The third kappa shape index (κ3) is 3.07. The van der Waals surface area contributed by atoms with Gasteiger partial charge in [-0.15, -0.1) is 0 Å². The average molecular weight is 291 g/mol. The molecule has 2 aromatic rings. The van der Waals surface area contributed by atoms with E-state index in [1.165, 1.54) is 0 Å². The summed E-state index contributed by atoms with van der Waals surface area (Å²) in [5.41, 5.74) is 3.61. The number of Topliss-reactive ketones (excluding diaryl/α,β-unsaturated/α-hetero) is 1. The topological polar surface area (TPSA) is 61.1 Å². The molecule has 0 bridgehead atoms. The maximum atomic E-state index is 12.5. The number of ketones is 1. The van der Waals surface area contributed by atoms with Crippen LogP contribution in [0.25, 0.3) is 6.08 Å². The maximum absolute atomic E-state index is 12.5. The van der Waals surface area contributed by atoms with Crippen LogP contribution >= 0.6 is 0 Å². The molecule has 0 aromatic heterocycles. The Hall–Kier alpha value is -2.86. The van der Waals surface area contributed by atoms with Gasteiger partial charge in [-0.2, -0.15) is 5.26 Å². The third-order valence-electron chi connectivity index (χ3n) is 3.58. The fraction of sp³-hybridized carbons (Fsp3) is 0.158. The lowest BCUT2D eigenvalue weighted by atomic mass is 9.97. The Bertz CT molecular complexity index is 787. The van der Waals surface area contributed by atoms with Crippen molar-refractivity contribution in [3.63, 3.8) is 0 Å². The second-order valence-electron chi connectivity index (χ2n) is 5.32. The number of hydrogen-bond donors (Lipinski definition) is 1. The molecule has 0 unspecified atom stereocenters. The van der Waals surface area contributed by atoms with Gasteiger partial charge in [-0.1, -0.05) is 24.3 Å². The average Bonchev–Trinajstić information content (AvgIpc) is 2.50. The molecular formula is C19H17NO2. The van der Waals surface area contributed by atoms with E-state index < -0.39 is 0 Å². The molecule has 0 aliphatic carbocycles. The Kier molecular flexibility index (Phi) is 4.43. The SMILES string of the molecule is Cc1ccccc1C(=O)/C(C#N)=C/c1cc(C)c(O)c(C)c1. The number of hydrogen-bond acceptors (Lipinski definition) is 3. The van der Waals surface area contributed by atoms with Crippen LogP contribution in [0, 0.1) is 32.1 Å². The number of rotatable bonds is 3. The fourth-order valence-electron chi connectivity index (χ4n) is 2.36. The summed E-state index contributed by atoms with van der Waals surface area (Å²) < 4.78 is 0. The van der Waals surface area contributed by atoms with Crippen LogP contribution in [0.1, 0.15) is 32.6 Å². The Morgan fingerprint density at radius 1 is 1.09 bits per heavy atom. The summed E-state index contributed by atoms with van der Waals surface area (Å²) >= 11 is 0. The molecule has 1 N–H and O–H groups in total. The van der Waals surface area contributed by atoms with Crippen molar-refractivity contribution in [2.75, 3.05) is 0 Å². The summed E-state index contributed by atoms with van der Waals surface area (Å²) in [6, 6.07) is 12.7. The van der Waals surface area contributed by atoms with Crippen LogP contribution < -0.4 is 0 Å². The van der Waals surface area contributed by atoms with Gasteiger partial charge in [0.1, 0.15) is 17.4 Å². The number of aromatic hydroxyl groups is 1. The van der Waals surface area contributed by atoms with Crippen molar-refractivity contribution < 1.29 is 9.90 Å². The molecule has 110 valence electrons. The van der Waals surface area contributed by atoms with Gasteiger partial charge >= 0.3 is 0 Å². The van der Waals surface area contributed by atoms with Gasteiger partial charge in [0, 0.05) is 5.56 Å². The third-order valence-corrected chi connectivity index (χ3v) is 3.58. The molecule has 2 rings (SSSR count). The highest BCUT2D eigenvalue weighted by molar-refractivity contribution is 6.14. The molecule has 0 atom stereocenters. The highest BCUT2D eigenvalue weighted by Crippen LogP contribution is 2.24. The predicted molar refractivity (Wildman–Crippen MR) is 86.7 cm³/mol. The van der Waals surface area contributed by atoms with Gasteiger partial charge in [0.2, 0.25) is 5.78 Å². The van der Waals surface area contributed by atoms with Crippen molar-refractivity contribution in [3.05, 3.63) is 69.8 Å². The van der Waals surface area contributed by atoms with Crippen molar-refractivity contribution in [1.29, 1.82) is 5.26 Å². The lowest BCUT2D eigenvalue weighted by Crippen LogP contribution is -2.04. The number of carbonyl (C=O) groups excluding carboxylic acids is 1. The number of phenolic OH excluding ortho intramolecular Hbond substituents is 1. The molecule has 0 radical (unpaired) electrons. The standard InChI is InChI=1S/C19H17NO2/c1-12-6-4-5-7-17(12)19(22)16(11-20)10-15-8-13(2)18(21)14(3)9-15/h4-10,21H,1-3H3/b16-10+. The number of benzene rings is 2.